The third-order valence-corrected chi connectivity index (χ3v) is 5.40. The van der Waals surface area contributed by atoms with Crippen LogP contribution >= 0.6 is 7.37 Å². The molecule has 0 aliphatic heterocycles. The summed E-state index contributed by atoms with van der Waals surface area (Å²) in [5.41, 5.74) is 0. The third kappa shape index (κ3) is 4.17. The van der Waals surface area contributed by atoms with Gasteiger partial charge in [-0.3, -0.25) is 4.57 Å². The van der Waals surface area contributed by atoms with E-state index in [2.05, 4.69) is 0 Å². The van der Waals surface area contributed by atoms with E-state index in [0.29, 0.717) is 12.8 Å². The van der Waals surface area contributed by atoms with E-state index in [-0.39, 0.29) is 12.5 Å². The molecule has 16 heavy (non-hydrogen) atoms. The highest BCUT2D eigenvalue weighted by molar-refractivity contribution is 7.60. The van der Waals surface area contributed by atoms with E-state index in [1.807, 2.05) is 20.8 Å². The molecule has 0 amide bonds. The van der Waals surface area contributed by atoms with Crippen LogP contribution in [0.3, 0.4) is 0 Å². The van der Waals surface area contributed by atoms with Crippen LogP contribution in [0.2, 0.25) is 0 Å². The van der Waals surface area contributed by atoms with E-state index >= 15 is 0 Å². The van der Waals surface area contributed by atoms with Gasteiger partial charge in [0.1, 0.15) is 11.2 Å². The molecule has 0 aromatic rings. The van der Waals surface area contributed by atoms with Gasteiger partial charge in [-0.05, 0) is 26.2 Å². The minimum atomic E-state index is -3.45. The first-order valence-corrected chi connectivity index (χ1v) is 7.49. The Bertz CT molecular complexity index is 245. The van der Waals surface area contributed by atoms with Gasteiger partial charge in [-0.1, -0.05) is 27.2 Å². The SMILES string of the molecule is CCCC(O)P(=O)(OCC(C)C)C(C)(C)O. The lowest BCUT2D eigenvalue weighted by Gasteiger charge is -2.33. The molecule has 5 heteroatoms. The van der Waals surface area contributed by atoms with Crippen LogP contribution in [0.4, 0.5) is 0 Å². The Kier molecular flexibility index (Phi) is 6.20. The molecule has 2 unspecified atom stereocenters. The Morgan fingerprint density at radius 2 is 1.88 bits per heavy atom. The highest BCUT2D eigenvalue weighted by Crippen LogP contribution is 2.61. The molecule has 4 nitrogen and oxygen atoms in total. The smallest absolute Gasteiger partial charge is 0.260 e. The quantitative estimate of drug-likeness (QED) is 0.684. The molecule has 0 aliphatic carbocycles. The standard InChI is InChI=1S/C11H25O4P/c1-6-7-10(12)16(14,11(4,5)13)15-8-9(2)3/h9-10,12-13H,6-8H2,1-5H3. The Hall–Kier alpha value is 0.110. The molecule has 0 aromatic carbocycles. The van der Waals surface area contributed by atoms with Crippen molar-refractivity contribution in [3.8, 4) is 0 Å². The fourth-order valence-corrected chi connectivity index (χ4v) is 3.63. The van der Waals surface area contributed by atoms with Gasteiger partial charge in [0, 0.05) is 0 Å². The predicted molar refractivity (Wildman–Crippen MR) is 65.6 cm³/mol. The van der Waals surface area contributed by atoms with Crippen molar-refractivity contribution in [2.75, 3.05) is 6.61 Å². The van der Waals surface area contributed by atoms with Crippen LogP contribution in [0.1, 0.15) is 47.5 Å². The maximum absolute atomic E-state index is 12.5. The maximum atomic E-state index is 12.5. The average Bonchev–Trinajstić information content (AvgIpc) is 2.12. The molecule has 0 bridgehead atoms. The highest BCUT2D eigenvalue weighted by atomic mass is 31.2. The summed E-state index contributed by atoms with van der Waals surface area (Å²) in [6.07, 6.45) is 1.08. The molecule has 0 radical (unpaired) electrons. The molecule has 98 valence electrons. The molecule has 2 N–H and O–H groups in total. The van der Waals surface area contributed by atoms with Crippen molar-refractivity contribution in [2.45, 2.75) is 58.6 Å². The molecule has 0 saturated heterocycles. The molecule has 0 fully saturated rings. The van der Waals surface area contributed by atoms with E-state index in [1.54, 1.807) is 0 Å². The predicted octanol–water partition coefficient (Wildman–Crippen LogP) is 2.78. The van der Waals surface area contributed by atoms with Crippen molar-refractivity contribution < 1.29 is 19.3 Å². The first-order chi connectivity index (χ1) is 7.15. The van der Waals surface area contributed by atoms with Crippen LogP contribution in [0.15, 0.2) is 0 Å². The van der Waals surface area contributed by atoms with Crippen LogP contribution in [-0.2, 0) is 9.09 Å². The fourth-order valence-electron chi connectivity index (χ4n) is 1.30. The Morgan fingerprint density at radius 1 is 1.38 bits per heavy atom. The summed E-state index contributed by atoms with van der Waals surface area (Å²) in [6, 6.07) is 0. The van der Waals surface area contributed by atoms with E-state index < -0.39 is 18.6 Å². The molecule has 0 heterocycles. The largest absolute Gasteiger partial charge is 0.383 e. The molecule has 2 atom stereocenters. The van der Waals surface area contributed by atoms with Gasteiger partial charge in [-0.2, -0.15) is 0 Å². The molecule has 0 spiro atoms. The van der Waals surface area contributed by atoms with E-state index in [9.17, 15) is 14.8 Å². The number of hydrogen-bond donors (Lipinski definition) is 2. The highest BCUT2D eigenvalue weighted by Gasteiger charge is 2.46. The molecule has 0 aromatic heterocycles. The van der Waals surface area contributed by atoms with E-state index in [4.69, 9.17) is 4.52 Å². The zero-order valence-electron chi connectivity index (χ0n) is 10.9. The minimum absolute atomic E-state index is 0.213. The average molecular weight is 252 g/mol. The lowest BCUT2D eigenvalue weighted by atomic mass is 10.2. The van der Waals surface area contributed by atoms with Gasteiger partial charge in [0.2, 0.25) is 0 Å². The summed E-state index contributed by atoms with van der Waals surface area (Å²) in [5.74, 6) is -0.874. The second kappa shape index (κ2) is 6.15. The van der Waals surface area contributed by atoms with Crippen LogP contribution in [0.5, 0.6) is 0 Å². The summed E-state index contributed by atoms with van der Waals surface area (Å²) in [4.78, 5) is 0. The fraction of sp³-hybridized carbons (Fsp3) is 1.00. The van der Waals surface area contributed by atoms with Crippen molar-refractivity contribution in [3.63, 3.8) is 0 Å². The van der Waals surface area contributed by atoms with Gasteiger partial charge in [0.25, 0.3) is 7.37 Å². The summed E-state index contributed by atoms with van der Waals surface area (Å²) in [5, 5.41) is 18.3. The second-order valence-electron chi connectivity index (χ2n) is 5.05. The number of aliphatic hydroxyl groups excluding tert-OH is 1. The zero-order chi connectivity index (χ0) is 13.0. The number of hydrogen-bond acceptors (Lipinski definition) is 4. The molecule has 0 saturated carbocycles. The van der Waals surface area contributed by atoms with Crippen LogP contribution in [0, 0.1) is 5.92 Å². The van der Waals surface area contributed by atoms with Crippen molar-refractivity contribution in [1.29, 1.82) is 0 Å². The monoisotopic (exact) mass is 252 g/mol. The normalized spacial score (nSPS) is 18.5. The lowest BCUT2D eigenvalue weighted by molar-refractivity contribution is 0.104. The van der Waals surface area contributed by atoms with Gasteiger partial charge in [-0.25, -0.2) is 0 Å². The third-order valence-electron chi connectivity index (χ3n) is 2.30. The Labute approximate surface area is 98.5 Å². The van der Waals surface area contributed by atoms with E-state index in [0.717, 1.165) is 0 Å². The van der Waals surface area contributed by atoms with Gasteiger partial charge in [-0.15, -0.1) is 0 Å². The van der Waals surface area contributed by atoms with Crippen molar-refractivity contribution in [2.24, 2.45) is 5.92 Å². The van der Waals surface area contributed by atoms with Crippen LogP contribution < -0.4 is 0 Å². The number of aliphatic hydroxyl groups is 2. The minimum Gasteiger partial charge on any atom is -0.383 e. The van der Waals surface area contributed by atoms with Crippen molar-refractivity contribution >= 4 is 7.37 Å². The summed E-state index contributed by atoms with van der Waals surface area (Å²) in [6.45, 7) is 8.88. The summed E-state index contributed by atoms with van der Waals surface area (Å²) in [7, 11) is -3.45. The first-order valence-electron chi connectivity index (χ1n) is 5.80. The summed E-state index contributed by atoms with van der Waals surface area (Å²) < 4.78 is 17.8. The lowest BCUT2D eigenvalue weighted by Crippen LogP contribution is -2.29. The Balaban J connectivity index is 4.83. The van der Waals surface area contributed by atoms with Crippen molar-refractivity contribution in [3.05, 3.63) is 0 Å². The van der Waals surface area contributed by atoms with Crippen LogP contribution in [-0.4, -0.2) is 28.0 Å². The first kappa shape index (κ1) is 16.1. The van der Waals surface area contributed by atoms with Gasteiger partial charge in [0.15, 0.2) is 0 Å². The van der Waals surface area contributed by atoms with Gasteiger partial charge < -0.3 is 14.7 Å². The van der Waals surface area contributed by atoms with Gasteiger partial charge >= 0.3 is 0 Å². The van der Waals surface area contributed by atoms with Crippen LogP contribution in [0.25, 0.3) is 0 Å². The second-order valence-corrected chi connectivity index (χ2v) is 8.19. The van der Waals surface area contributed by atoms with E-state index in [1.165, 1.54) is 13.8 Å². The van der Waals surface area contributed by atoms with Gasteiger partial charge in [0.05, 0.1) is 6.61 Å². The zero-order valence-corrected chi connectivity index (χ0v) is 11.8. The molecule has 0 rings (SSSR count). The number of rotatable bonds is 7. The Morgan fingerprint density at radius 3 is 2.19 bits per heavy atom. The molecule has 0 aliphatic rings. The topological polar surface area (TPSA) is 66.8 Å². The summed E-state index contributed by atoms with van der Waals surface area (Å²) >= 11 is 0. The maximum Gasteiger partial charge on any atom is 0.260 e. The molecular formula is C11H25O4P. The van der Waals surface area contributed by atoms with Crippen molar-refractivity contribution in [1.82, 2.24) is 0 Å². The molecular weight excluding hydrogens is 227 g/mol.